The summed E-state index contributed by atoms with van der Waals surface area (Å²) in [5, 5.41) is 9.15. The lowest BCUT2D eigenvalue weighted by molar-refractivity contribution is 0.310. The lowest BCUT2D eigenvalue weighted by Gasteiger charge is -2.28. The number of hydrogen-bond acceptors (Lipinski definition) is 6. The second-order valence-corrected chi connectivity index (χ2v) is 8.54. The predicted octanol–water partition coefficient (Wildman–Crippen LogP) is 2.83. The third-order valence-electron chi connectivity index (χ3n) is 4.90. The van der Waals surface area contributed by atoms with Gasteiger partial charge in [0.2, 0.25) is 10.0 Å². The van der Waals surface area contributed by atoms with E-state index in [9.17, 15) is 8.42 Å². The molecule has 8 heteroatoms. The molecule has 150 valence electrons. The Kier molecular flexibility index (Phi) is 7.75. The quantitative estimate of drug-likeness (QED) is 0.447. The smallest absolute Gasteiger partial charge is 0.247 e. The van der Waals surface area contributed by atoms with E-state index in [1.54, 1.807) is 21.3 Å². The van der Waals surface area contributed by atoms with E-state index < -0.39 is 10.0 Å². The predicted molar refractivity (Wildman–Crippen MR) is 103 cm³/mol. The Bertz CT molecular complexity index is 761. The maximum atomic E-state index is 13.5. The number of methoxy groups -OCH3 is 2. The molecule has 1 fully saturated rings. The van der Waals surface area contributed by atoms with Crippen LogP contribution in [0, 0.1) is 11.5 Å². The van der Waals surface area contributed by atoms with Crippen LogP contribution in [0.5, 0.6) is 11.5 Å². The fraction of sp³-hybridized carbons (Fsp3) is 0.632. The van der Waals surface area contributed by atoms with Crippen LogP contribution in [0.3, 0.4) is 0 Å². The van der Waals surface area contributed by atoms with Crippen LogP contribution in [0.2, 0.25) is 0 Å². The Balaban J connectivity index is 2.36. The van der Waals surface area contributed by atoms with Gasteiger partial charge in [0.05, 0.1) is 14.2 Å². The highest BCUT2D eigenvalue weighted by Crippen LogP contribution is 2.33. The fourth-order valence-electron chi connectivity index (χ4n) is 3.37. The molecule has 7 nitrogen and oxygen atoms in total. The van der Waals surface area contributed by atoms with E-state index in [-0.39, 0.29) is 10.9 Å². The number of likely N-dealkylation sites (tertiary alicyclic amines) is 1. The summed E-state index contributed by atoms with van der Waals surface area (Å²) in [6, 6.07) is 4.57. The van der Waals surface area contributed by atoms with Crippen LogP contribution in [-0.2, 0) is 10.0 Å². The third-order valence-corrected chi connectivity index (χ3v) is 6.87. The SMILES string of the molecule is CCCCCCN(C1CCN(C#N)C1)S(=O)(=O)c1cc(OC)ccc1OC. The molecule has 2 rings (SSSR count). The molecule has 0 aliphatic carbocycles. The van der Waals surface area contributed by atoms with Crippen molar-refractivity contribution in [1.29, 1.82) is 5.26 Å². The molecule has 1 aliphatic heterocycles. The summed E-state index contributed by atoms with van der Waals surface area (Å²) in [4.78, 5) is 1.72. The van der Waals surface area contributed by atoms with Crippen LogP contribution < -0.4 is 9.47 Å². The van der Waals surface area contributed by atoms with Gasteiger partial charge in [-0.15, -0.1) is 0 Å². The summed E-state index contributed by atoms with van der Waals surface area (Å²) in [6.45, 7) is 3.57. The zero-order chi connectivity index (χ0) is 19.9. The van der Waals surface area contributed by atoms with Gasteiger partial charge >= 0.3 is 0 Å². The van der Waals surface area contributed by atoms with Crippen molar-refractivity contribution < 1.29 is 17.9 Å². The first-order valence-electron chi connectivity index (χ1n) is 9.36. The summed E-state index contributed by atoms with van der Waals surface area (Å²) in [5.74, 6) is 0.759. The van der Waals surface area contributed by atoms with E-state index >= 15 is 0 Å². The minimum atomic E-state index is -3.79. The molecule has 0 aromatic heterocycles. The lowest BCUT2D eigenvalue weighted by atomic mass is 10.2. The van der Waals surface area contributed by atoms with Crippen molar-refractivity contribution in [2.45, 2.75) is 50.0 Å². The Labute approximate surface area is 162 Å². The van der Waals surface area contributed by atoms with Gasteiger partial charge in [0, 0.05) is 31.7 Å². The van der Waals surface area contributed by atoms with Gasteiger partial charge < -0.3 is 14.4 Å². The first kappa shape index (κ1) is 21.3. The van der Waals surface area contributed by atoms with Crippen molar-refractivity contribution in [2.24, 2.45) is 0 Å². The second kappa shape index (κ2) is 9.81. The minimum absolute atomic E-state index is 0.107. The molecule has 0 saturated carbocycles. The van der Waals surface area contributed by atoms with Gasteiger partial charge in [-0.05, 0) is 25.0 Å². The number of unbranched alkanes of at least 4 members (excludes halogenated alkanes) is 3. The highest BCUT2D eigenvalue weighted by atomic mass is 32.2. The van der Waals surface area contributed by atoms with Gasteiger partial charge in [0.25, 0.3) is 0 Å². The molecule has 1 aliphatic rings. The van der Waals surface area contributed by atoms with Crippen molar-refractivity contribution in [2.75, 3.05) is 33.9 Å². The van der Waals surface area contributed by atoms with Crippen LogP contribution >= 0.6 is 0 Å². The Morgan fingerprint density at radius 1 is 1.26 bits per heavy atom. The monoisotopic (exact) mass is 395 g/mol. The fourth-order valence-corrected chi connectivity index (χ4v) is 5.23. The lowest BCUT2D eigenvalue weighted by Crippen LogP contribution is -2.42. The van der Waals surface area contributed by atoms with Crippen LogP contribution in [0.1, 0.15) is 39.0 Å². The minimum Gasteiger partial charge on any atom is -0.497 e. The first-order chi connectivity index (χ1) is 13.0. The summed E-state index contributed by atoms with van der Waals surface area (Å²) < 4.78 is 39.1. The van der Waals surface area contributed by atoms with Gasteiger partial charge in [-0.2, -0.15) is 9.57 Å². The van der Waals surface area contributed by atoms with Crippen molar-refractivity contribution in [3.63, 3.8) is 0 Å². The highest BCUT2D eigenvalue weighted by Gasteiger charge is 2.37. The molecule has 27 heavy (non-hydrogen) atoms. The van der Waals surface area contributed by atoms with Crippen LogP contribution in [0.4, 0.5) is 0 Å². The average Bonchev–Trinajstić information content (AvgIpc) is 3.15. The Morgan fingerprint density at radius 3 is 2.63 bits per heavy atom. The molecule has 0 radical (unpaired) electrons. The molecule has 1 unspecified atom stereocenters. The highest BCUT2D eigenvalue weighted by molar-refractivity contribution is 7.89. The van der Waals surface area contributed by atoms with Gasteiger partial charge in [0.1, 0.15) is 16.4 Å². The van der Waals surface area contributed by atoms with Crippen LogP contribution in [0.25, 0.3) is 0 Å². The largest absolute Gasteiger partial charge is 0.497 e. The summed E-state index contributed by atoms with van der Waals surface area (Å²) in [5.41, 5.74) is 0. The molecule has 1 saturated heterocycles. The maximum Gasteiger partial charge on any atom is 0.247 e. The maximum absolute atomic E-state index is 13.5. The van der Waals surface area contributed by atoms with E-state index in [0.717, 1.165) is 25.7 Å². The Morgan fingerprint density at radius 2 is 2.04 bits per heavy atom. The topological polar surface area (TPSA) is 82.9 Å². The molecule has 0 bridgehead atoms. The second-order valence-electron chi connectivity index (χ2n) is 6.68. The molecule has 1 aromatic carbocycles. The summed E-state index contributed by atoms with van der Waals surface area (Å²) in [7, 11) is -0.826. The van der Waals surface area contributed by atoms with Crippen molar-refractivity contribution in [3.8, 4) is 17.7 Å². The normalized spacial score (nSPS) is 17.1. The molecule has 1 aromatic rings. The van der Waals surface area contributed by atoms with Crippen molar-refractivity contribution in [1.82, 2.24) is 9.21 Å². The number of benzene rings is 1. The number of nitrogens with zero attached hydrogens (tertiary/aromatic N) is 3. The average molecular weight is 396 g/mol. The van der Waals surface area contributed by atoms with Gasteiger partial charge in [-0.3, -0.25) is 0 Å². The van der Waals surface area contributed by atoms with E-state index in [0.29, 0.717) is 37.6 Å². The summed E-state index contributed by atoms with van der Waals surface area (Å²) >= 11 is 0. The van der Waals surface area contributed by atoms with E-state index in [1.807, 2.05) is 0 Å². The number of rotatable bonds is 10. The zero-order valence-corrected chi connectivity index (χ0v) is 17.2. The van der Waals surface area contributed by atoms with E-state index in [2.05, 4.69) is 13.1 Å². The van der Waals surface area contributed by atoms with Crippen molar-refractivity contribution >= 4 is 10.0 Å². The molecular formula is C19H29N3O4S. The van der Waals surface area contributed by atoms with Gasteiger partial charge in [-0.1, -0.05) is 26.2 Å². The molecular weight excluding hydrogens is 366 g/mol. The first-order valence-corrected chi connectivity index (χ1v) is 10.8. The van der Waals surface area contributed by atoms with Crippen LogP contribution in [-0.4, -0.2) is 57.5 Å². The summed E-state index contributed by atoms with van der Waals surface area (Å²) in [6.07, 6.45) is 6.70. The number of hydrogen-bond donors (Lipinski definition) is 0. The Hall–Kier alpha value is -1.98. The third kappa shape index (κ3) is 5.05. The van der Waals surface area contributed by atoms with E-state index in [1.165, 1.54) is 20.3 Å². The number of nitriles is 1. The zero-order valence-electron chi connectivity index (χ0n) is 16.3. The molecule has 0 N–H and O–H groups in total. The van der Waals surface area contributed by atoms with Crippen LogP contribution in [0.15, 0.2) is 23.1 Å². The number of ether oxygens (including phenoxy) is 2. The molecule has 0 spiro atoms. The van der Waals surface area contributed by atoms with E-state index in [4.69, 9.17) is 14.7 Å². The van der Waals surface area contributed by atoms with Gasteiger partial charge in [0.15, 0.2) is 6.19 Å². The molecule has 1 atom stereocenters. The molecule has 0 amide bonds. The van der Waals surface area contributed by atoms with Gasteiger partial charge in [-0.25, -0.2) is 8.42 Å². The standard InChI is InChI=1S/C19H29N3O4S/c1-4-5-6-7-11-22(16-10-12-21(14-16)15-20)27(23,24)19-13-17(25-2)8-9-18(19)26-3/h8-9,13,16H,4-7,10-12,14H2,1-3H3. The van der Waals surface area contributed by atoms with Crippen molar-refractivity contribution in [3.05, 3.63) is 18.2 Å². The number of sulfonamides is 1. The molecule has 1 heterocycles.